The van der Waals surface area contributed by atoms with Crippen LogP contribution in [0.1, 0.15) is 44.3 Å². The van der Waals surface area contributed by atoms with E-state index in [2.05, 4.69) is 25.9 Å². The summed E-state index contributed by atoms with van der Waals surface area (Å²) in [5.74, 6) is -0.641. The van der Waals surface area contributed by atoms with Crippen LogP contribution >= 0.6 is 11.3 Å². The first-order chi connectivity index (χ1) is 15.8. The molecule has 4 rings (SSSR count). The maximum absolute atomic E-state index is 12.6. The van der Waals surface area contributed by atoms with Crippen molar-refractivity contribution in [3.05, 3.63) is 63.4 Å². The number of carbonyl (C=O) groups excluding carboxylic acids is 2. The summed E-state index contributed by atoms with van der Waals surface area (Å²) in [5, 5.41) is 6.25. The Labute approximate surface area is 196 Å². The maximum Gasteiger partial charge on any atom is 0.281 e. The molecule has 4 aromatic rings. The van der Waals surface area contributed by atoms with E-state index in [-0.39, 0.29) is 18.2 Å². The van der Waals surface area contributed by atoms with E-state index in [1.54, 1.807) is 11.6 Å². The highest BCUT2D eigenvalue weighted by molar-refractivity contribution is 7.17. The number of aromatic nitrogens is 4. The fourth-order valence-electron chi connectivity index (χ4n) is 4.03. The van der Waals surface area contributed by atoms with Gasteiger partial charge >= 0.3 is 0 Å². The predicted molar refractivity (Wildman–Crippen MR) is 129 cm³/mol. The van der Waals surface area contributed by atoms with Crippen molar-refractivity contribution in [1.29, 1.82) is 0 Å². The van der Waals surface area contributed by atoms with Crippen LogP contribution in [0.2, 0.25) is 0 Å². The molecule has 0 aliphatic carbocycles. The average molecular weight is 463 g/mol. The van der Waals surface area contributed by atoms with Crippen molar-refractivity contribution in [1.82, 2.24) is 30.6 Å². The molecule has 2 amide bonds. The Kier molecular flexibility index (Phi) is 6.24. The van der Waals surface area contributed by atoms with Crippen LogP contribution in [0.5, 0.6) is 0 Å². The van der Waals surface area contributed by atoms with Crippen LogP contribution in [0.3, 0.4) is 0 Å². The molecule has 0 fully saturated rings. The van der Waals surface area contributed by atoms with Gasteiger partial charge in [-0.15, -0.1) is 11.3 Å². The largest absolute Gasteiger partial charge is 0.281 e. The van der Waals surface area contributed by atoms with E-state index >= 15 is 0 Å². The van der Waals surface area contributed by atoms with Gasteiger partial charge in [0.25, 0.3) is 5.91 Å². The third-order valence-corrected chi connectivity index (χ3v) is 6.88. The highest BCUT2D eigenvalue weighted by atomic mass is 32.1. The number of hydrazine groups is 1. The molecule has 0 bridgehead atoms. The number of fused-ring (bicyclic) bond motifs is 1. The molecule has 9 heteroatoms. The number of nitrogens with zero attached hydrogens (tertiary/aromatic N) is 4. The summed E-state index contributed by atoms with van der Waals surface area (Å²) in [7, 11) is 1.88. The Morgan fingerprint density at radius 2 is 1.70 bits per heavy atom. The number of pyridine rings is 1. The zero-order valence-corrected chi connectivity index (χ0v) is 20.1. The molecule has 0 aliphatic rings. The average Bonchev–Trinajstić information content (AvgIpc) is 3.31. The first-order valence-corrected chi connectivity index (χ1v) is 11.5. The van der Waals surface area contributed by atoms with E-state index in [1.807, 2.05) is 58.2 Å². The predicted octanol–water partition coefficient (Wildman–Crippen LogP) is 3.72. The monoisotopic (exact) mass is 462 g/mol. The normalized spacial score (nSPS) is 11.1. The highest BCUT2D eigenvalue weighted by Gasteiger charge is 2.18. The molecule has 0 saturated heterocycles. The summed E-state index contributed by atoms with van der Waals surface area (Å²) in [4.78, 5) is 34.7. The highest BCUT2D eigenvalue weighted by Crippen LogP contribution is 2.28. The Bertz CT molecular complexity index is 1360. The Morgan fingerprint density at radius 3 is 2.42 bits per heavy atom. The first-order valence-electron chi connectivity index (χ1n) is 10.7. The third-order valence-electron chi connectivity index (χ3n) is 5.67. The lowest BCUT2D eigenvalue weighted by atomic mass is 9.99. The third kappa shape index (κ3) is 4.49. The number of hydrogen-bond acceptors (Lipinski definition) is 6. The fourth-order valence-corrected chi connectivity index (χ4v) is 4.99. The van der Waals surface area contributed by atoms with Crippen LogP contribution in [0.4, 0.5) is 0 Å². The van der Waals surface area contributed by atoms with Crippen LogP contribution in [-0.2, 0) is 18.3 Å². The summed E-state index contributed by atoms with van der Waals surface area (Å²) in [6.45, 7) is 7.73. The maximum atomic E-state index is 12.6. The molecule has 1 aromatic carbocycles. The second kappa shape index (κ2) is 9.11. The molecular weight excluding hydrogens is 436 g/mol. The van der Waals surface area contributed by atoms with Gasteiger partial charge in [-0.25, -0.2) is 9.97 Å². The Hall–Kier alpha value is -3.59. The fraction of sp³-hybridized carbons (Fsp3) is 0.292. The Balaban J connectivity index is 1.39. The van der Waals surface area contributed by atoms with Gasteiger partial charge in [-0.2, -0.15) is 5.10 Å². The Morgan fingerprint density at radius 1 is 0.970 bits per heavy atom. The topological polar surface area (TPSA) is 102 Å². The smallest absolute Gasteiger partial charge is 0.273 e. The number of rotatable bonds is 5. The molecule has 0 saturated carbocycles. The lowest BCUT2D eigenvalue weighted by Crippen LogP contribution is -2.41. The number of carbonyl (C=O) groups is 2. The van der Waals surface area contributed by atoms with Gasteiger partial charge in [0, 0.05) is 30.1 Å². The van der Waals surface area contributed by atoms with Crippen molar-refractivity contribution < 1.29 is 9.59 Å². The van der Waals surface area contributed by atoms with Crippen molar-refractivity contribution >= 4 is 34.2 Å². The zero-order chi connectivity index (χ0) is 23.7. The molecule has 2 N–H and O–H groups in total. The number of nitrogens with one attached hydrogen (secondary N) is 2. The summed E-state index contributed by atoms with van der Waals surface area (Å²) >= 11 is 1.30. The van der Waals surface area contributed by atoms with Crippen LogP contribution in [0.15, 0.2) is 30.3 Å². The first kappa shape index (κ1) is 22.6. The van der Waals surface area contributed by atoms with Gasteiger partial charge in [0.2, 0.25) is 5.91 Å². The van der Waals surface area contributed by atoms with Gasteiger partial charge < -0.3 is 0 Å². The van der Waals surface area contributed by atoms with E-state index in [1.165, 1.54) is 11.3 Å². The summed E-state index contributed by atoms with van der Waals surface area (Å²) < 4.78 is 1.78. The number of benzene rings is 1. The van der Waals surface area contributed by atoms with E-state index in [4.69, 9.17) is 0 Å². The van der Waals surface area contributed by atoms with Crippen LogP contribution < -0.4 is 10.9 Å². The van der Waals surface area contributed by atoms with Crippen molar-refractivity contribution in [3.8, 4) is 10.6 Å². The van der Waals surface area contributed by atoms with Crippen molar-refractivity contribution in [2.45, 2.75) is 40.5 Å². The van der Waals surface area contributed by atoms with Gasteiger partial charge in [-0.05, 0) is 45.2 Å². The van der Waals surface area contributed by atoms with Gasteiger partial charge in [0.15, 0.2) is 5.65 Å². The molecule has 3 aromatic heterocycles. The number of thiazole rings is 1. The molecule has 3 heterocycles. The van der Waals surface area contributed by atoms with E-state index in [0.717, 1.165) is 44.1 Å². The second-order valence-electron chi connectivity index (χ2n) is 8.01. The van der Waals surface area contributed by atoms with E-state index in [9.17, 15) is 9.59 Å². The number of amides is 2. The number of aryl methyl sites for hydroxylation is 5. The molecule has 8 nitrogen and oxygen atoms in total. The second-order valence-corrected chi connectivity index (χ2v) is 9.01. The zero-order valence-electron chi connectivity index (χ0n) is 19.3. The van der Waals surface area contributed by atoms with Crippen LogP contribution in [0, 0.1) is 27.7 Å². The molecule has 0 atom stereocenters. The molecule has 0 radical (unpaired) electrons. The van der Waals surface area contributed by atoms with Gasteiger partial charge in [-0.3, -0.25) is 25.1 Å². The summed E-state index contributed by atoms with van der Waals surface area (Å²) in [6, 6.07) is 9.69. The molecule has 170 valence electrons. The quantitative estimate of drug-likeness (QED) is 0.440. The molecule has 0 aliphatic heterocycles. The van der Waals surface area contributed by atoms with Crippen LogP contribution in [0.25, 0.3) is 21.6 Å². The minimum atomic E-state index is -0.373. The SMILES string of the molecule is Cc1nc(-c2ccccc2)sc1C(=O)NNC(=O)CCc1c(C)nc2c(c(C)nn2C)c1C. The summed E-state index contributed by atoms with van der Waals surface area (Å²) in [6.07, 6.45) is 0.750. The van der Waals surface area contributed by atoms with Crippen LogP contribution in [-0.4, -0.2) is 31.6 Å². The minimum Gasteiger partial charge on any atom is -0.273 e. The standard InChI is InChI=1S/C24H26N6O2S/c1-13-18(14(2)25-22-20(13)15(3)29-30(22)5)11-12-19(31)27-28-23(32)21-16(4)26-24(33-21)17-9-7-6-8-10-17/h6-10H,11-12H2,1-5H3,(H,27,31)(H,28,32). The van der Waals surface area contributed by atoms with Gasteiger partial charge in [0.1, 0.15) is 9.88 Å². The van der Waals surface area contributed by atoms with E-state index in [0.29, 0.717) is 17.0 Å². The van der Waals surface area contributed by atoms with Crippen molar-refractivity contribution in [2.75, 3.05) is 0 Å². The molecule has 33 heavy (non-hydrogen) atoms. The van der Waals surface area contributed by atoms with Gasteiger partial charge in [0.05, 0.1) is 11.4 Å². The lowest BCUT2D eigenvalue weighted by molar-refractivity contribution is -0.121. The lowest BCUT2D eigenvalue weighted by Gasteiger charge is -2.11. The number of hydrogen-bond donors (Lipinski definition) is 2. The van der Waals surface area contributed by atoms with Crippen molar-refractivity contribution in [2.24, 2.45) is 7.05 Å². The minimum absolute atomic E-state index is 0.228. The molecular formula is C24H26N6O2S. The van der Waals surface area contributed by atoms with Crippen molar-refractivity contribution in [3.63, 3.8) is 0 Å². The molecule has 0 unspecified atom stereocenters. The molecule has 0 spiro atoms. The summed E-state index contributed by atoms with van der Waals surface area (Å²) in [5.41, 5.74) is 11.4. The van der Waals surface area contributed by atoms with Gasteiger partial charge in [-0.1, -0.05) is 30.3 Å². The van der Waals surface area contributed by atoms with E-state index < -0.39 is 0 Å².